The maximum absolute atomic E-state index is 14.0. The van der Waals surface area contributed by atoms with E-state index in [9.17, 15) is 14.0 Å². The van der Waals surface area contributed by atoms with Crippen LogP contribution in [0.1, 0.15) is 29.6 Å². The monoisotopic (exact) mass is 266 g/mol. The van der Waals surface area contributed by atoms with Crippen molar-refractivity contribution in [2.75, 3.05) is 11.4 Å². The zero-order chi connectivity index (χ0) is 14.0. The second kappa shape index (κ2) is 5.26. The maximum Gasteiger partial charge on any atom is 0.305 e. The van der Waals surface area contributed by atoms with Gasteiger partial charge >= 0.3 is 5.97 Å². The topological polar surface area (TPSA) is 83.6 Å². The number of carboxylic acids is 1. The molecule has 0 spiro atoms. The number of hydrogen-bond acceptors (Lipinski definition) is 3. The Balaban J connectivity index is 2.25. The lowest BCUT2D eigenvalue weighted by molar-refractivity contribution is -0.137. The molecule has 1 aliphatic heterocycles. The lowest BCUT2D eigenvalue weighted by Gasteiger charge is -2.26. The number of aliphatic carboxylic acids is 1. The number of hydrogen-bond donors (Lipinski definition) is 2. The number of carbonyl (C=O) groups is 2. The fraction of sp³-hybridized carbons (Fsp3) is 0.385. The number of nitrogens with two attached hydrogens (primary N) is 1. The minimum atomic E-state index is -0.897. The molecule has 1 saturated heterocycles. The fourth-order valence-electron chi connectivity index (χ4n) is 2.46. The number of carboxylic acid groups (broad SMARTS) is 1. The molecule has 0 aliphatic carbocycles. The van der Waals surface area contributed by atoms with Gasteiger partial charge in [0.1, 0.15) is 5.82 Å². The van der Waals surface area contributed by atoms with Gasteiger partial charge in [0, 0.05) is 18.2 Å². The summed E-state index contributed by atoms with van der Waals surface area (Å²) in [5.41, 5.74) is 5.52. The second-order valence-electron chi connectivity index (χ2n) is 4.62. The third-order valence-electron chi connectivity index (χ3n) is 3.33. The van der Waals surface area contributed by atoms with Gasteiger partial charge in [0.05, 0.1) is 12.1 Å². The molecule has 0 bridgehead atoms. The van der Waals surface area contributed by atoms with Gasteiger partial charge in [0.25, 0.3) is 0 Å². The first-order valence-electron chi connectivity index (χ1n) is 6.07. The Morgan fingerprint density at radius 3 is 2.79 bits per heavy atom. The van der Waals surface area contributed by atoms with Gasteiger partial charge in [0.15, 0.2) is 0 Å². The number of nitrogens with zero attached hydrogens (tertiary/aromatic N) is 1. The molecule has 1 amide bonds. The molecule has 1 fully saturated rings. The van der Waals surface area contributed by atoms with Gasteiger partial charge in [-0.25, -0.2) is 4.39 Å². The predicted octanol–water partition coefficient (Wildman–Crippen LogP) is 1.37. The van der Waals surface area contributed by atoms with Gasteiger partial charge < -0.3 is 15.7 Å². The van der Waals surface area contributed by atoms with Crippen LogP contribution in [-0.4, -0.2) is 29.6 Å². The van der Waals surface area contributed by atoms with Crippen molar-refractivity contribution in [3.63, 3.8) is 0 Å². The van der Waals surface area contributed by atoms with Crippen molar-refractivity contribution in [2.24, 2.45) is 5.73 Å². The van der Waals surface area contributed by atoms with Crippen LogP contribution in [-0.2, 0) is 4.79 Å². The van der Waals surface area contributed by atoms with Crippen molar-refractivity contribution in [1.82, 2.24) is 0 Å². The van der Waals surface area contributed by atoms with E-state index < -0.39 is 17.7 Å². The zero-order valence-corrected chi connectivity index (χ0v) is 10.3. The van der Waals surface area contributed by atoms with E-state index in [0.29, 0.717) is 12.2 Å². The molecule has 0 saturated carbocycles. The van der Waals surface area contributed by atoms with Gasteiger partial charge in [-0.1, -0.05) is 0 Å². The van der Waals surface area contributed by atoms with Crippen molar-refractivity contribution in [2.45, 2.75) is 25.3 Å². The van der Waals surface area contributed by atoms with Gasteiger partial charge in [-0.15, -0.1) is 0 Å². The predicted molar refractivity (Wildman–Crippen MR) is 67.5 cm³/mol. The van der Waals surface area contributed by atoms with Gasteiger partial charge in [-0.2, -0.15) is 0 Å². The molecule has 102 valence electrons. The molecule has 6 heteroatoms. The van der Waals surface area contributed by atoms with E-state index in [-0.39, 0.29) is 18.0 Å². The highest BCUT2D eigenvalue weighted by Crippen LogP contribution is 2.30. The lowest BCUT2D eigenvalue weighted by atomic mass is 10.1. The molecule has 0 radical (unpaired) electrons. The second-order valence-corrected chi connectivity index (χ2v) is 4.62. The molecule has 1 aromatic carbocycles. The normalized spacial score (nSPS) is 18.6. The van der Waals surface area contributed by atoms with Crippen LogP contribution < -0.4 is 10.6 Å². The van der Waals surface area contributed by atoms with Gasteiger partial charge in [0.2, 0.25) is 5.91 Å². The Morgan fingerprint density at radius 1 is 1.47 bits per heavy atom. The smallest absolute Gasteiger partial charge is 0.305 e. The van der Waals surface area contributed by atoms with Crippen LogP contribution in [0.2, 0.25) is 0 Å². The van der Waals surface area contributed by atoms with E-state index in [1.807, 2.05) is 0 Å². The number of primary amides is 1. The third-order valence-corrected chi connectivity index (χ3v) is 3.33. The average molecular weight is 266 g/mol. The van der Waals surface area contributed by atoms with Gasteiger partial charge in [-0.05, 0) is 31.0 Å². The molecule has 0 aromatic heterocycles. The van der Waals surface area contributed by atoms with E-state index in [4.69, 9.17) is 10.8 Å². The molecule has 5 nitrogen and oxygen atoms in total. The zero-order valence-electron chi connectivity index (χ0n) is 10.3. The van der Waals surface area contributed by atoms with E-state index >= 15 is 0 Å². The average Bonchev–Trinajstić information content (AvgIpc) is 2.75. The number of amides is 1. The highest BCUT2D eigenvalue weighted by Gasteiger charge is 2.28. The number of anilines is 1. The van der Waals surface area contributed by atoms with Gasteiger partial charge in [-0.3, -0.25) is 9.59 Å². The summed E-state index contributed by atoms with van der Waals surface area (Å²) in [4.78, 5) is 23.5. The van der Waals surface area contributed by atoms with Crippen LogP contribution in [0.5, 0.6) is 0 Å². The Hall–Kier alpha value is -2.11. The Kier molecular flexibility index (Phi) is 3.69. The lowest BCUT2D eigenvalue weighted by Crippen LogP contribution is -2.32. The Bertz CT molecular complexity index is 519. The molecule has 1 aromatic rings. The fourth-order valence-corrected chi connectivity index (χ4v) is 2.46. The molecule has 1 heterocycles. The summed E-state index contributed by atoms with van der Waals surface area (Å²) in [6.07, 6.45) is 1.54. The van der Waals surface area contributed by atoms with Crippen LogP contribution in [0.25, 0.3) is 0 Å². The first-order valence-corrected chi connectivity index (χ1v) is 6.07. The van der Waals surface area contributed by atoms with Crippen molar-refractivity contribution >= 4 is 17.6 Å². The number of halogens is 1. The number of carbonyl (C=O) groups excluding carboxylic acids is 1. The first kappa shape index (κ1) is 13.3. The van der Waals surface area contributed by atoms with Crippen LogP contribution in [0.3, 0.4) is 0 Å². The first-order chi connectivity index (χ1) is 8.99. The minimum Gasteiger partial charge on any atom is -0.481 e. The SMILES string of the molecule is NC(=O)c1ccc(N2CCCC2CC(=O)O)c(F)c1. The quantitative estimate of drug-likeness (QED) is 0.862. The highest BCUT2D eigenvalue weighted by atomic mass is 19.1. The van der Waals surface area contributed by atoms with Crippen molar-refractivity contribution in [1.29, 1.82) is 0 Å². The summed E-state index contributed by atoms with van der Waals surface area (Å²) < 4.78 is 14.0. The van der Waals surface area contributed by atoms with Crippen LogP contribution in [0.15, 0.2) is 18.2 Å². The van der Waals surface area contributed by atoms with Crippen molar-refractivity contribution in [3.8, 4) is 0 Å². The van der Waals surface area contributed by atoms with Crippen LogP contribution in [0, 0.1) is 5.82 Å². The molecule has 19 heavy (non-hydrogen) atoms. The molecular formula is C13H15FN2O3. The summed E-state index contributed by atoms with van der Waals surface area (Å²) in [6, 6.07) is 3.83. The standard InChI is InChI=1S/C13H15FN2O3/c14-10-6-8(13(15)19)3-4-11(10)16-5-1-2-9(16)7-12(17)18/h3-4,6,9H,1-2,5,7H2,(H2,15,19)(H,17,18). The molecule has 1 unspecified atom stereocenters. The highest BCUT2D eigenvalue weighted by molar-refractivity contribution is 5.93. The summed E-state index contributed by atoms with van der Waals surface area (Å²) in [5.74, 6) is -2.13. The number of rotatable bonds is 4. The summed E-state index contributed by atoms with van der Waals surface area (Å²) in [6.45, 7) is 0.616. The Morgan fingerprint density at radius 2 is 2.21 bits per heavy atom. The van der Waals surface area contributed by atoms with E-state index in [1.165, 1.54) is 12.1 Å². The third kappa shape index (κ3) is 2.83. The van der Waals surface area contributed by atoms with Crippen LogP contribution >= 0.6 is 0 Å². The van der Waals surface area contributed by atoms with Crippen molar-refractivity contribution < 1.29 is 19.1 Å². The Labute approximate surface area is 109 Å². The van der Waals surface area contributed by atoms with Crippen LogP contribution in [0.4, 0.5) is 10.1 Å². The van der Waals surface area contributed by atoms with E-state index in [1.54, 1.807) is 4.90 Å². The molecule has 1 atom stereocenters. The largest absolute Gasteiger partial charge is 0.481 e. The molecule has 1 aliphatic rings. The number of benzene rings is 1. The summed E-state index contributed by atoms with van der Waals surface area (Å²) >= 11 is 0. The van der Waals surface area contributed by atoms with E-state index in [2.05, 4.69) is 0 Å². The molecule has 3 N–H and O–H groups in total. The molecular weight excluding hydrogens is 251 g/mol. The van der Waals surface area contributed by atoms with E-state index in [0.717, 1.165) is 18.9 Å². The minimum absolute atomic E-state index is 0.0169. The summed E-state index contributed by atoms with van der Waals surface area (Å²) in [7, 11) is 0. The molecule has 2 rings (SSSR count). The summed E-state index contributed by atoms with van der Waals surface area (Å²) in [5, 5.41) is 8.84. The maximum atomic E-state index is 14.0. The van der Waals surface area contributed by atoms with Crippen molar-refractivity contribution in [3.05, 3.63) is 29.6 Å².